The summed E-state index contributed by atoms with van der Waals surface area (Å²) in [5.74, 6) is 1.86. The molecule has 0 atom stereocenters. The molecular formula is C12H15BrO. The Morgan fingerprint density at radius 3 is 2.64 bits per heavy atom. The maximum atomic E-state index is 5.78. The van der Waals surface area contributed by atoms with E-state index in [0.29, 0.717) is 0 Å². The Hall–Kier alpha value is -0.500. The van der Waals surface area contributed by atoms with E-state index in [1.54, 1.807) is 0 Å². The Kier molecular flexibility index (Phi) is 2.82. The zero-order valence-electron chi connectivity index (χ0n) is 8.64. The molecule has 1 fully saturated rings. The average molecular weight is 255 g/mol. The molecule has 1 aromatic rings. The Bertz CT molecular complexity index is 342. The van der Waals surface area contributed by atoms with Crippen LogP contribution >= 0.6 is 15.9 Å². The van der Waals surface area contributed by atoms with Crippen molar-refractivity contribution < 1.29 is 4.74 Å². The maximum Gasteiger partial charge on any atom is 0.122 e. The van der Waals surface area contributed by atoms with Crippen molar-refractivity contribution in [2.75, 3.05) is 6.61 Å². The monoisotopic (exact) mass is 254 g/mol. The molecule has 0 aliphatic heterocycles. The van der Waals surface area contributed by atoms with Crippen molar-refractivity contribution in [3.8, 4) is 5.75 Å². The molecular weight excluding hydrogens is 240 g/mol. The van der Waals surface area contributed by atoms with Crippen LogP contribution in [0.2, 0.25) is 0 Å². The molecule has 2 rings (SSSR count). The summed E-state index contributed by atoms with van der Waals surface area (Å²) in [5, 5.41) is 0. The molecule has 0 amide bonds. The van der Waals surface area contributed by atoms with Crippen molar-refractivity contribution in [3.05, 3.63) is 27.7 Å². The molecule has 1 aromatic carbocycles. The van der Waals surface area contributed by atoms with Crippen LogP contribution in [0.15, 0.2) is 16.6 Å². The van der Waals surface area contributed by atoms with Crippen LogP contribution in [-0.2, 0) is 0 Å². The van der Waals surface area contributed by atoms with E-state index in [1.165, 1.54) is 24.0 Å². The minimum absolute atomic E-state index is 0.818. The van der Waals surface area contributed by atoms with Crippen molar-refractivity contribution in [3.63, 3.8) is 0 Å². The molecule has 14 heavy (non-hydrogen) atoms. The zero-order valence-corrected chi connectivity index (χ0v) is 10.2. The Morgan fingerprint density at radius 2 is 2.00 bits per heavy atom. The molecule has 0 spiro atoms. The van der Waals surface area contributed by atoms with Crippen molar-refractivity contribution in [1.29, 1.82) is 0 Å². The largest absolute Gasteiger partial charge is 0.493 e. The third kappa shape index (κ3) is 2.11. The van der Waals surface area contributed by atoms with Gasteiger partial charge in [0.1, 0.15) is 5.75 Å². The number of rotatable bonds is 3. The second kappa shape index (κ2) is 3.93. The summed E-state index contributed by atoms with van der Waals surface area (Å²) < 4.78 is 6.94. The normalized spacial score (nSPS) is 15.6. The molecule has 0 heterocycles. The van der Waals surface area contributed by atoms with Gasteiger partial charge in [0.2, 0.25) is 0 Å². The molecule has 2 heteroatoms. The van der Waals surface area contributed by atoms with Crippen LogP contribution in [0.5, 0.6) is 5.75 Å². The van der Waals surface area contributed by atoms with Crippen LogP contribution in [0.25, 0.3) is 0 Å². The Morgan fingerprint density at radius 1 is 1.29 bits per heavy atom. The van der Waals surface area contributed by atoms with E-state index in [-0.39, 0.29) is 0 Å². The van der Waals surface area contributed by atoms with E-state index in [2.05, 4.69) is 41.9 Å². The van der Waals surface area contributed by atoms with Crippen molar-refractivity contribution >= 4 is 15.9 Å². The van der Waals surface area contributed by atoms with Gasteiger partial charge in [0.05, 0.1) is 6.61 Å². The van der Waals surface area contributed by atoms with Gasteiger partial charge in [0, 0.05) is 4.47 Å². The molecule has 1 aliphatic carbocycles. The van der Waals surface area contributed by atoms with E-state index < -0.39 is 0 Å². The highest BCUT2D eigenvalue weighted by Gasteiger charge is 2.22. The van der Waals surface area contributed by atoms with Gasteiger partial charge in [-0.2, -0.15) is 0 Å². The minimum atomic E-state index is 0.818. The average Bonchev–Trinajstić information content (AvgIpc) is 2.97. The fraction of sp³-hybridized carbons (Fsp3) is 0.500. The first kappa shape index (κ1) is 10.0. The Balaban J connectivity index is 2.11. The van der Waals surface area contributed by atoms with Gasteiger partial charge >= 0.3 is 0 Å². The summed E-state index contributed by atoms with van der Waals surface area (Å²) in [6.45, 7) is 5.12. The fourth-order valence-corrected chi connectivity index (χ4v) is 1.84. The summed E-state index contributed by atoms with van der Waals surface area (Å²) in [4.78, 5) is 0. The topological polar surface area (TPSA) is 9.23 Å². The molecule has 1 aliphatic rings. The third-order valence-electron chi connectivity index (χ3n) is 2.84. The smallest absolute Gasteiger partial charge is 0.122 e. The van der Waals surface area contributed by atoms with Gasteiger partial charge in [0.15, 0.2) is 0 Å². The van der Waals surface area contributed by atoms with Crippen molar-refractivity contribution in [2.24, 2.45) is 5.92 Å². The first-order valence-corrected chi connectivity index (χ1v) is 5.86. The van der Waals surface area contributed by atoms with Gasteiger partial charge in [-0.25, -0.2) is 0 Å². The van der Waals surface area contributed by atoms with E-state index in [4.69, 9.17) is 4.74 Å². The maximum absolute atomic E-state index is 5.78. The summed E-state index contributed by atoms with van der Waals surface area (Å²) in [6.07, 6.45) is 2.68. The van der Waals surface area contributed by atoms with Gasteiger partial charge in [-0.1, -0.05) is 15.9 Å². The molecule has 1 nitrogen and oxygen atoms in total. The van der Waals surface area contributed by atoms with Crippen LogP contribution < -0.4 is 4.74 Å². The highest BCUT2D eigenvalue weighted by Crippen LogP contribution is 2.32. The van der Waals surface area contributed by atoms with Crippen LogP contribution in [0.1, 0.15) is 24.0 Å². The molecule has 1 saturated carbocycles. The lowest BCUT2D eigenvalue weighted by atomic mass is 10.1. The highest BCUT2D eigenvalue weighted by molar-refractivity contribution is 9.10. The molecule has 0 aromatic heterocycles. The predicted molar refractivity (Wildman–Crippen MR) is 61.8 cm³/mol. The summed E-state index contributed by atoms with van der Waals surface area (Å²) in [6, 6.07) is 4.11. The Labute approximate surface area is 93.6 Å². The number of halogens is 1. The van der Waals surface area contributed by atoms with Crippen LogP contribution in [0.3, 0.4) is 0 Å². The highest BCUT2D eigenvalue weighted by atomic mass is 79.9. The number of hydrogen-bond donors (Lipinski definition) is 0. The van der Waals surface area contributed by atoms with E-state index in [9.17, 15) is 0 Å². The molecule has 76 valence electrons. The molecule has 0 bridgehead atoms. The molecule has 0 unspecified atom stereocenters. The van der Waals surface area contributed by atoms with Gasteiger partial charge in [0.25, 0.3) is 0 Å². The van der Waals surface area contributed by atoms with Crippen LogP contribution in [-0.4, -0.2) is 6.61 Å². The summed E-state index contributed by atoms with van der Waals surface area (Å²) >= 11 is 3.52. The van der Waals surface area contributed by atoms with Gasteiger partial charge in [-0.05, 0) is 55.9 Å². The molecule has 0 radical (unpaired) electrons. The van der Waals surface area contributed by atoms with E-state index in [0.717, 1.165) is 22.7 Å². The molecule has 0 N–H and O–H groups in total. The quantitative estimate of drug-likeness (QED) is 0.797. The lowest BCUT2D eigenvalue weighted by molar-refractivity contribution is 0.297. The second-order valence-electron chi connectivity index (χ2n) is 4.05. The lowest BCUT2D eigenvalue weighted by Gasteiger charge is -2.11. The predicted octanol–water partition coefficient (Wildman–Crippen LogP) is 3.85. The lowest BCUT2D eigenvalue weighted by Crippen LogP contribution is -2.01. The first-order valence-electron chi connectivity index (χ1n) is 5.07. The SMILES string of the molecule is Cc1c(Br)ccc(OCC2CC2)c1C. The second-order valence-corrected chi connectivity index (χ2v) is 4.90. The van der Waals surface area contributed by atoms with Crippen LogP contribution in [0, 0.1) is 19.8 Å². The van der Waals surface area contributed by atoms with Gasteiger partial charge in [-0.15, -0.1) is 0 Å². The van der Waals surface area contributed by atoms with Crippen LogP contribution in [0.4, 0.5) is 0 Å². The standard InChI is InChI=1S/C12H15BrO/c1-8-9(2)12(6-5-11(8)13)14-7-10-3-4-10/h5-6,10H,3-4,7H2,1-2H3. The zero-order chi connectivity index (χ0) is 10.1. The first-order chi connectivity index (χ1) is 6.68. The third-order valence-corrected chi connectivity index (χ3v) is 3.70. The number of ether oxygens (including phenoxy) is 1. The van der Waals surface area contributed by atoms with Crippen molar-refractivity contribution in [2.45, 2.75) is 26.7 Å². The summed E-state index contributed by atoms with van der Waals surface area (Å²) in [5.41, 5.74) is 2.53. The minimum Gasteiger partial charge on any atom is -0.493 e. The van der Waals surface area contributed by atoms with Gasteiger partial charge in [-0.3, -0.25) is 0 Å². The fourth-order valence-electron chi connectivity index (χ4n) is 1.41. The van der Waals surface area contributed by atoms with E-state index in [1.807, 2.05) is 0 Å². The summed E-state index contributed by atoms with van der Waals surface area (Å²) in [7, 11) is 0. The molecule has 0 saturated heterocycles. The van der Waals surface area contributed by atoms with Gasteiger partial charge < -0.3 is 4.74 Å². The van der Waals surface area contributed by atoms with E-state index >= 15 is 0 Å². The number of hydrogen-bond acceptors (Lipinski definition) is 1. The van der Waals surface area contributed by atoms with Crippen molar-refractivity contribution in [1.82, 2.24) is 0 Å². The number of benzene rings is 1.